The summed E-state index contributed by atoms with van der Waals surface area (Å²) in [6.45, 7) is 4.98. The highest BCUT2D eigenvalue weighted by atomic mass is 15.5. The van der Waals surface area contributed by atoms with E-state index >= 15 is 0 Å². The standard InChI is InChI=1S/C27H30N8/c1-3-4-10-25-28-24(16-13-21-8-6-5-7-9-21)31-35(25)19-22-11-14-23(15-12-22)34-18-17-20(2)26(34)27-29-32-33-30-27/h5-9,11-12,14-15,17-18H,3-4,10,13,16,19H2,1-2H3,(H,29,30,32,33). The van der Waals surface area contributed by atoms with Crippen LogP contribution in [0.3, 0.4) is 0 Å². The molecule has 0 saturated carbocycles. The molecule has 0 amide bonds. The summed E-state index contributed by atoms with van der Waals surface area (Å²) < 4.78 is 4.18. The largest absolute Gasteiger partial charge is 0.314 e. The third-order valence-corrected chi connectivity index (χ3v) is 6.23. The average Bonchev–Trinajstić information content (AvgIpc) is 3.63. The summed E-state index contributed by atoms with van der Waals surface area (Å²) in [5.74, 6) is 2.65. The van der Waals surface area contributed by atoms with Crippen molar-refractivity contribution in [1.29, 1.82) is 0 Å². The summed E-state index contributed by atoms with van der Waals surface area (Å²) in [6, 6.07) is 21.2. The van der Waals surface area contributed by atoms with Gasteiger partial charge in [0.2, 0.25) is 0 Å². The zero-order valence-corrected chi connectivity index (χ0v) is 20.2. The van der Waals surface area contributed by atoms with Gasteiger partial charge >= 0.3 is 0 Å². The fourth-order valence-electron chi connectivity index (χ4n) is 4.32. The zero-order valence-electron chi connectivity index (χ0n) is 20.2. The number of aryl methyl sites for hydroxylation is 4. The molecule has 3 aromatic heterocycles. The molecule has 3 heterocycles. The molecule has 8 nitrogen and oxygen atoms in total. The van der Waals surface area contributed by atoms with Gasteiger partial charge < -0.3 is 4.57 Å². The number of H-pyrrole nitrogens is 1. The first-order valence-corrected chi connectivity index (χ1v) is 12.2. The second-order valence-corrected chi connectivity index (χ2v) is 8.82. The van der Waals surface area contributed by atoms with Crippen LogP contribution in [0.1, 0.15) is 48.1 Å². The molecule has 5 rings (SSSR count). The van der Waals surface area contributed by atoms with E-state index < -0.39 is 0 Å². The number of benzene rings is 2. The van der Waals surface area contributed by atoms with Crippen molar-refractivity contribution in [2.24, 2.45) is 0 Å². The Morgan fingerprint density at radius 1 is 0.886 bits per heavy atom. The van der Waals surface area contributed by atoms with E-state index in [2.05, 4.69) is 98.3 Å². The maximum absolute atomic E-state index is 4.89. The minimum absolute atomic E-state index is 0.655. The number of aromatic nitrogens is 8. The molecule has 0 aliphatic heterocycles. The number of aromatic amines is 1. The lowest BCUT2D eigenvalue weighted by atomic mass is 10.1. The second-order valence-electron chi connectivity index (χ2n) is 8.82. The SMILES string of the molecule is CCCCc1nc(CCc2ccccc2)nn1Cc1ccc(-n2ccc(C)c2-c2nnn[nH]2)cc1. The number of tetrazole rings is 1. The lowest BCUT2D eigenvalue weighted by molar-refractivity contribution is 0.613. The van der Waals surface area contributed by atoms with E-state index in [4.69, 9.17) is 10.1 Å². The lowest BCUT2D eigenvalue weighted by Gasteiger charge is -2.10. The minimum Gasteiger partial charge on any atom is -0.314 e. The highest BCUT2D eigenvalue weighted by molar-refractivity contribution is 5.59. The summed E-state index contributed by atoms with van der Waals surface area (Å²) in [7, 11) is 0. The molecule has 1 N–H and O–H groups in total. The van der Waals surface area contributed by atoms with Crippen LogP contribution in [-0.2, 0) is 25.8 Å². The Morgan fingerprint density at radius 3 is 2.46 bits per heavy atom. The van der Waals surface area contributed by atoms with Gasteiger partial charge in [-0.05, 0) is 65.1 Å². The van der Waals surface area contributed by atoms with Crippen molar-refractivity contribution in [1.82, 2.24) is 40.0 Å². The summed E-state index contributed by atoms with van der Waals surface area (Å²) in [5, 5.41) is 19.3. The Labute approximate surface area is 205 Å². The molecule has 0 fully saturated rings. The first-order chi connectivity index (χ1) is 17.2. The molecule has 0 bridgehead atoms. The predicted molar refractivity (Wildman–Crippen MR) is 135 cm³/mol. The normalized spacial score (nSPS) is 11.3. The highest BCUT2D eigenvalue weighted by Crippen LogP contribution is 2.24. The van der Waals surface area contributed by atoms with Crippen molar-refractivity contribution in [3.63, 3.8) is 0 Å². The molecule has 35 heavy (non-hydrogen) atoms. The number of unbranched alkanes of at least 4 members (excludes halogenated alkanes) is 1. The maximum Gasteiger partial charge on any atom is 0.196 e. The number of hydrogen-bond donors (Lipinski definition) is 1. The first-order valence-electron chi connectivity index (χ1n) is 12.2. The molecule has 8 heteroatoms. The quantitative estimate of drug-likeness (QED) is 0.321. The smallest absolute Gasteiger partial charge is 0.196 e. The van der Waals surface area contributed by atoms with Gasteiger partial charge in [0, 0.05) is 24.7 Å². The second kappa shape index (κ2) is 10.5. The zero-order chi connectivity index (χ0) is 24.0. The van der Waals surface area contributed by atoms with Crippen LogP contribution in [-0.4, -0.2) is 40.0 Å². The van der Waals surface area contributed by atoms with Gasteiger partial charge in [0.25, 0.3) is 0 Å². The van der Waals surface area contributed by atoms with E-state index in [1.54, 1.807) is 0 Å². The van der Waals surface area contributed by atoms with Gasteiger partial charge in [-0.15, -0.1) is 5.10 Å². The summed E-state index contributed by atoms with van der Waals surface area (Å²) >= 11 is 0. The molecule has 0 radical (unpaired) electrons. The van der Waals surface area contributed by atoms with Crippen LogP contribution in [0, 0.1) is 6.92 Å². The molecular formula is C27H30N8. The fraction of sp³-hybridized carbons (Fsp3) is 0.296. The van der Waals surface area contributed by atoms with Gasteiger partial charge in [-0.3, -0.25) is 0 Å². The van der Waals surface area contributed by atoms with E-state index in [1.165, 1.54) is 11.1 Å². The van der Waals surface area contributed by atoms with Crippen molar-refractivity contribution >= 4 is 0 Å². The van der Waals surface area contributed by atoms with Crippen LogP contribution in [0.25, 0.3) is 17.2 Å². The summed E-state index contributed by atoms with van der Waals surface area (Å²) in [4.78, 5) is 4.89. The van der Waals surface area contributed by atoms with Crippen LogP contribution < -0.4 is 0 Å². The lowest BCUT2D eigenvalue weighted by Crippen LogP contribution is -2.07. The summed E-state index contributed by atoms with van der Waals surface area (Å²) in [5.41, 5.74) is 5.64. The van der Waals surface area contributed by atoms with E-state index in [0.717, 1.165) is 60.7 Å². The van der Waals surface area contributed by atoms with Crippen molar-refractivity contribution in [3.8, 4) is 17.2 Å². The number of nitrogens with zero attached hydrogens (tertiary/aromatic N) is 7. The van der Waals surface area contributed by atoms with Crippen LogP contribution in [0.4, 0.5) is 0 Å². The Balaban J connectivity index is 1.34. The molecule has 0 spiro atoms. The maximum atomic E-state index is 4.89. The van der Waals surface area contributed by atoms with Gasteiger partial charge in [0.1, 0.15) is 5.82 Å². The van der Waals surface area contributed by atoms with E-state index in [9.17, 15) is 0 Å². The van der Waals surface area contributed by atoms with Crippen molar-refractivity contribution in [3.05, 3.63) is 95.2 Å². The summed E-state index contributed by atoms with van der Waals surface area (Å²) in [6.07, 6.45) is 7.04. The van der Waals surface area contributed by atoms with Crippen LogP contribution in [0.15, 0.2) is 66.9 Å². The number of hydrogen-bond acceptors (Lipinski definition) is 5. The van der Waals surface area contributed by atoms with Gasteiger partial charge in [0.05, 0.1) is 12.2 Å². The molecule has 0 aliphatic rings. The van der Waals surface area contributed by atoms with Crippen LogP contribution >= 0.6 is 0 Å². The van der Waals surface area contributed by atoms with E-state index in [1.807, 2.05) is 12.3 Å². The molecule has 0 unspecified atom stereocenters. The number of rotatable bonds is 10. The van der Waals surface area contributed by atoms with Gasteiger partial charge in [-0.1, -0.05) is 55.8 Å². The fourth-order valence-corrected chi connectivity index (χ4v) is 4.32. The number of nitrogens with one attached hydrogen (secondary N) is 1. The predicted octanol–water partition coefficient (Wildman–Crippen LogP) is 4.73. The Kier molecular flexibility index (Phi) is 6.79. The van der Waals surface area contributed by atoms with Crippen molar-refractivity contribution < 1.29 is 0 Å². The molecule has 178 valence electrons. The molecule has 2 aromatic carbocycles. The highest BCUT2D eigenvalue weighted by Gasteiger charge is 2.14. The monoisotopic (exact) mass is 466 g/mol. The van der Waals surface area contributed by atoms with Crippen molar-refractivity contribution in [2.45, 2.75) is 52.5 Å². The Bertz CT molecular complexity index is 1350. The minimum atomic E-state index is 0.655. The van der Waals surface area contributed by atoms with Crippen LogP contribution in [0.2, 0.25) is 0 Å². The van der Waals surface area contributed by atoms with Gasteiger partial charge in [-0.2, -0.15) is 5.10 Å². The van der Waals surface area contributed by atoms with Gasteiger partial charge in [-0.25, -0.2) is 14.8 Å². The van der Waals surface area contributed by atoms with Crippen LogP contribution in [0.5, 0.6) is 0 Å². The molecule has 5 aromatic rings. The molecule has 0 aliphatic carbocycles. The molecular weight excluding hydrogens is 436 g/mol. The van der Waals surface area contributed by atoms with E-state index in [0.29, 0.717) is 12.4 Å². The van der Waals surface area contributed by atoms with E-state index in [-0.39, 0.29) is 0 Å². The Morgan fingerprint density at radius 2 is 1.71 bits per heavy atom. The third-order valence-electron chi connectivity index (χ3n) is 6.23. The van der Waals surface area contributed by atoms with Crippen molar-refractivity contribution in [2.75, 3.05) is 0 Å². The molecule has 0 saturated heterocycles. The topological polar surface area (TPSA) is 90.1 Å². The molecule has 0 atom stereocenters. The first kappa shape index (κ1) is 22.7. The average molecular weight is 467 g/mol. The van der Waals surface area contributed by atoms with Gasteiger partial charge in [0.15, 0.2) is 11.6 Å². The third kappa shape index (κ3) is 5.21. The Hall–Kier alpha value is -4.07.